The van der Waals surface area contributed by atoms with E-state index in [0.717, 1.165) is 24.8 Å². The van der Waals surface area contributed by atoms with Crippen LogP contribution in [0.3, 0.4) is 0 Å². The van der Waals surface area contributed by atoms with Crippen LogP contribution in [0.4, 0.5) is 24.7 Å². The Morgan fingerprint density at radius 2 is 1.88 bits per heavy atom. The fourth-order valence-electron chi connectivity index (χ4n) is 1.88. The highest BCUT2D eigenvalue weighted by atomic mass is 19.2. The Labute approximate surface area is 137 Å². The monoisotopic (exact) mass is 338 g/mol. The van der Waals surface area contributed by atoms with Gasteiger partial charge in [-0.05, 0) is 38.4 Å². The van der Waals surface area contributed by atoms with Crippen molar-refractivity contribution in [1.29, 1.82) is 0 Å². The topological polar surface area (TPSA) is 57.3 Å². The van der Waals surface area contributed by atoms with Gasteiger partial charge < -0.3 is 15.5 Å². The van der Waals surface area contributed by atoms with Crippen LogP contribution in [-0.4, -0.2) is 43.0 Å². The average Bonchev–Trinajstić information content (AvgIpc) is 2.54. The molecule has 1 amide bonds. The van der Waals surface area contributed by atoms with E-state index in [2.05, 4.69) is 15.6 Å². The summed E-state index contributed by atoms with van der Waals surface area (Å²) in [6.07, 6.45) is 1.51. The highest BCUT2D eigenvalue weighted by molar-refractivity contribution is 6.04. The zero-order valence-corrected chi connectivity index (χ0v) is 13.2. The van der Waals surface area contributed by atoms with Crippen molar-refractivity contribution in [3.8, 4) is 0 Å². The first-order valence-corrected chi connectivity index (χ1v) is 7.18. The van der Waals surface area contributed by atoms with Gasteiger partial charge in [0, 0.05) is 13.1 Å². The smallest absolute Gasteiger partial charge is 0.259 e. The first-order valence-electron chi connectivity index (χ1n) is 7.18. The largest absolute Gasteiger partial charge is 0.383 e. The zero-order chi connectivity index (χ0) is 17.7. The molecule has 1 heterocycles. The highest BCUT2D eigenvalue weighted by Crippen LogP contribution is 2.17. The van der Waals surface area contributed by atoms with Gasteiger partial charge in [0.05, 0.1) is 17.4 Å². The van der Waals surface area contributed by atoms with Crippen LogP contribution in [0.1, 0.15) is 10.4 Å². The van der Waals surface area contributed by atoms with Crippen molar-refractivity contribution in [2.24, 2.45) is 0 Å². The molecule has 128 valence electrons. The molecule has 0 unspecified atom stereocenters. The van der Waals surface area contributed by atoms with Gasteiger partial charge in [-0.2, -0.15) is 0 Å². The van der Waals surface area contributed by atoms with Crippen LogP contribution < -0.4 is 10.6 Å². The second-order valence-electron chi connectivity index (χ2n) is 5.34. The van der Waals surface area contributed by atoms with E-state index in [-0.39, 0.29) is 5.82 Å². The summed E-state index contributed by atoms with van der Waals surface area (Å²) < 4.78 is 39.6. The molecule has 8 heteroatoms. The van der Waals surface area contributed by atoms with Gasteiger partial charge in [0.1, 0.15) is 5.82 Å². The first kappa shape index (κ1) is 17.7. The molecule has 0 bridgehead atoms. The lowest BCUT2D eigenvalue weighted by atomic mass is 10.2. The van der Waals surface area contributed by atoms with Crippen molar-refractivity contribution in [3.63, 3.8) is 0 Å². The number of halogens is 3. The average molecular weight is 338 g/mol. The molecule has 5 nitrogen and oxygen atoms in total. The Morgan fingerprint density at radius 3 is 2.50 bits per heavy atom. The standard InChI is InChI=1S/C16H17F3N4O/c1-23(2)8-7-20-10-3-6-13(21-9-10)22-16(24)11-4-5-12(17)15(19)14(11)18/h3-6,9,20H,7-8H2,1-2H3,(H,21,22,24). The Balaban J connectivity index is 2.01. The zero-order valence-electron chi connectivity index (χ0n) is 13.2. The molecule has 2 aromatic rings. The molecule has 0 saturated carbocycles. The van der Waals surface area contributed by atoms with E-state index < -0.39 is 28.9 Å². The minimum atomic E-state index is -1.68. The second kappa shape index (κ2) is 7.78. The summed E-state index contributed by atoms with van der Waals surface area (Å²) in [5.41, 5.74) is 0.165. The lowest BCUT2D eigenvalue weighted by Crippen LogP contribution is -2.20. The maximum Gasteiger partial charge on any atom is 0.259 e. The minimum Gasteiger partial charge on any atom is -0.383 e. The first-order chi connectivity index (χ1) is 11.4. The van der Waals surface area contributed by atoms with E-state index in [1.54, 1.807) is 6.07 Å². The molecule has 0 aliphatic heterocycles. The minimum absolute atomic E-state index is 0.169. The molecule has 1 aromatic carbocycles. The summed E-state index contributed by atoms with van der Waals surface area (Å²) in [6.45, 7) is 1.56. The molecule has 0 aliphatic carbocycles. The van der Waals surface area contributed by atoms with Gasteiger partial charge in [0.25, 0.3) is 5.91 Å². The van der Waals surface area contributed by atoms with Crippen molar-refractivity contribution in [3.05, 3.63) is 53.5 Å². The maximum absolute atomic E-state index is 13.6. The van der Waals surface area contributed by atoms with Crippen LogP contribution in [0.25, 0.3) is 0 Å². The molecule has 2 rings (SSSR count). The van der Waals surface area contributed by atoms with E-state index in [1.807, 2.05) is 19.0 Å². The molecule has 0 aliphatic rings. The number of aromatic nitrogens is 1. The Morgan fingerprint density at radius 1 is 1.12 bits per heavy atom. The fourth-order valence-corrected chi connectivity index (χ4v) is 1.88. The number of anilines is 2. The molecule has 0 radical (unpaired) electrons. The van der Waals surface area contributed by atoms with E-state index in [1.165, 1.54) is 12.3 Å². The van der Waals surface area contributed by atoms with Crippen molar-refractivity contribution in [1.82, 2.24) is 9.88 Å². The third kappa shape index (κ3) is 4.45. The molecule has 24 heavy (non-hydrogen) atoms. The van der Waals surface area contributed by atoms with E-state index in [9.17, 15) is 18.0 Å². The summed E-state index contributed by atoms with van der Waals surface area (Å²) in [7, 11) is 3.91. The molecular weight excluding hydrogens is 321 g/mol. The van der Waals surface area contributed by atoms with Crippen molar-refractivity contribution >= 4 is 17.4 Å². The van der Waals surface area contributed by atoms with Crippen LogP contribution in [-0.2, 0) is 0 Å². The van der Waals surface area contributed by atoms with Gasteiger partial charge >= 0.3 is 0 Å². The van der Waals surface area contributed by atoms with Crippen molar-refractivity contribution in [2.75, 3.05) is 37.8 Å². The predicted molar refractivity (Wildman–Crippen MR) is 85.5 cm³/mol. The molecule has 0 spiro atoms. The van der Waals surface area contributed by atoms with Gasteiger partial charge in [-0.25, -0.2) is 18.2 Å². The fraction of sp³-hybridized carbons (Fsp3) is 0.250. The summed E-state index contributed by atoms with van der Waals surface area (Å²) in [4.78, 5) is 18.0. The lowest BCUT2D eigenvalue weighted by Gasteiger charge is -2.11. The Hall–Kier alpha value is -2.61. The van der Waals surface area contributed by atoms with Crippen LogP contribution in [0.2, 0.25) is 0 Å². The number of carbonyl (C=O) groups is 1. The number of nitrogens with zero attached hydrogens (tertiary/aromatic N) is 2. The Kier molecular flexibility index (Phi) is 5.75. The summed E-state index contributed by atoms with van der Waals surface area (Å²) in [5, 5.41) is 5.47. The number of pyridine rings is 1. The molecule has 2 N–H and O–H groups in total. The quantitative estimate of drug-likeness (QED) is 0.795. The van der Waals surface area contributed by atoms with Gasteiger partial charge in [-0.3, -0.25) is 4.79 Å². The number of rotatable bonds is 6. The highest BCUT2D eigenvalue weighted by Gasteiger charge is 2.19. The number of hydrogen-bond donors (Lipinski definition) is 2. The van der Waals surface area contributed by atoms with Crippen molar-refractivity contribution in [2.45, 2.75) is 0 Å². The molecular formula is C16H17F3N4O. The number of likely N-dealkylation sites (N-methyl/N-ethyl adjacent to an activating group) is 1. The second-order valence-corrected chi connectivity index (χ2v) is 5.34. The van der Waals surface area contributed by atoms with Gasteiger partial charge in [-0.1, -0.05) is 0 Å². The molecule has 0 saturated heterocycles. The maximum atomic E-state index is 13.6. The van der Waals surface area contributed by atoms with Crippen molar-refractivity contribution < 1.29 is 18.0 Å². The van der Waals surface area contributed by atoms with Crippen LogP contribution in [0.5, 0.6) is 0 Å². The van der Waals surface area contributed by atoms with Gasteiger partial charge in [-0.15, -0.1) is 0 Å². The van der Waals surface area contributed by atoms with Crippen LogP contribution >= 0.6 is 0 Å². The third-order valence-corrected chi connectivity index (χ3v) is 3.17. The number of benzene rings is 1. The summed E-state index contributed by atoms with van der Waals surface area (Å²) in [6, 6.07) is 4.78. The summed E-state index contributed by atoms with van der Waals surface area (Å²) in [5.74, 6) is -5.31. The van der Waals surface area contributed by atoms with Gasteiger partial charge in [0.15, 0.2) is 17.5 Å². The van der Waals surface area contributed by atoms with E-state index >= 15 is 0 Å². The van der Waals surface area contributed by atoms with E-state index in [0.29, 0.717) is 6.07 Å². The summed E-state index contributed by atoms with van der Waals surface area (Å²) >= 11 is 0. The normalized spacial score (nSPS) is 10.8. The predicted octanol–water partition coefficient (Wildman–Crippen LogP) is 2.72. The number of amides is 1. The number of nitrogens with one attached hydrogen (secondary N) is 2. The SMILES string of the molecule is CN(C)CCNc1ccc(NC(=O)c2ccc(F)c(F)c2F)nc1. The van der Waals surface area contributed by atoms with Crippen LogP contribution in [0, 0.1) is 17.5 Å². The van der Waals surface area contributed by atoms with E-state index in [4.69, 9.17) is 0 Å². The molecule has 1 aromatic heterocycles. The van der Waals surface area contributed by atoms with Crippen LogP contribution in [0.15, 0.2) is 30.5 Å². The number of hydrogen-bond acceptors (Lipinski definition) is 4. The molecule has 0 atom stereocenters. The number of carbonyl (C=O) groups excluding carboxylic acids is 1. The lowest BCUT2D eigenvalue weighted by molar-refractivity contribution is 0.102. The third-order valence-electron chi connectivity index (χ3n) is 3.17. The van der Waals surface area contributed by atoms with Gasteiger partial charge in [0.2, 0.25) is 0 Å². The Bertz CT molecular complexity index is 720. The molecule has 0 fully saturated rings.